The van der Waals surface area contributed by atoms with Crippen LogP contribution in [0.2, 0.25) is 0 Å². The Morgan fingerprint density at radius 2 is 1.71 bits per heavy atom. The maximum Gasteiger partial charge on any atom is 0.259 e. The van der Waals surface area contributed by atoms with Gasteiger partial charge in [0.25, 0.3) is 5.91 Å². The van der Waals surface area contributed by atoms with Crippen molar-refractivity contribution < 1.29 is 15.0 Å². The van der Waals surface area contributed by atoms with Crippen LogP contribution in [0.5, 0.6) is 11.5 Å². The number of anilines is 1. The Bertz CT molecular complexity index is 827. The number of amides is 1. The molecule has 0 saturated carbocycles. The molecule has 3 rings (SSSR count). The van der Waals surface area contributed by atoms with Gasteiger partial charge in [0.05, 0.1) is 5.56 Å². The van der Waals surface area contributed by atoms with Crippen molar-refractivity contribution in [2.75, 3.05) is 5.32 Å². The van der Waals surface area contributed by atoms with Crippen LogP contribution in [-0.4, -0.2) is 16.1 Å². The van der Waals surface area contributed by atoms with Gasteiger partial charge in [-0.05, 0) is 23.6 Å². The number of hydrogen-bond donors (Lipinski definition) is 3. The predicted molar refractivity (Wildman–Crippen MR) is 81.7 cm³/mol. The molecule has 0 atom stereocenters. The summed E-state index contributed by atoms with van der Waals surface area (Å²) in [6, 6.07) is 16.9. The predicted octanol–water partition coefficient (Wildman–Crippen LogP) is 3.50. The van der Waals surface area contributed by atoms with Gasteiger partial charge in [0.15, 0.2) is 0 Å². The highest BCUT2D eigenvalue weighted by Gasteiger charge is 2.13. The van der Waals surface area contributed by atoms with Gasteiger partial charge in [-0.1, -0.05) is 36.4 Å². The molecule has 4 heteroatoms. The molecule has 3 N–H and O–H groups in total. The Morgan fingerprint density at radius 3 is 2.52 bits per heavy atom. The lowest BCUT2D eigenvalue weighted by Gasteiger charge is -2.09. The molecule has 0 aromatic heterocycles. The number of hydrogen-bond acceptors (Lipinski definition) is 3. The van der Waals surface area contributed by atoms with Crippen molar-refractivity contribution in [2.45, 2.75) is 0 Å². The normalized spacial score (nSPS) is 10.5. The highest BCUT2D eigenvalue weighted by molar-refractivity contribution is 6.09. The Labute approximate surface area is 121 Å². The van der Waals surface area contributed by atoms with E-state index in [4.69, 9.17) is 0 Å². The van der Waals surface area contributed by atoms with Crippen LogP contribution in [0.1, 0.15) is 10.4 Å². The average molecular weight is 279 g/mol. The number of fused-ring (bicyclic) bond motifs is 1. The maximum absolute atomic E-state index is 12.2. The molecule has 104 valence electrons. The van der Waals surface area contributed by atoms with Crippen LogP contribution in [0.4, 0.5) is 5.69 Å². The summed E-state index contributed by atoms with van der Waals surface area (Å²) in [6.45, 7) is 0. The number of carbonyl (C=O) groups is 1. The van der Waals surface area contributed by atoms with Gasteiger partial charge in [-0.15, -0.1) is 0 Å². The molecule has 0 bridgehead atoms. The fraction of sp³-hybridized carbons (Fsp3) is 0. The third-order valence-corrected chi connectivity index (χ3v) is 3.25. The zero-order chi connectivity index (χ0) is 14.8. The van der Waals surface area contributed by atoms with Crippen LogP contribution in [0.15, 0.2) is 60.7 Å². The number of nitrogens with one attached hydrogen (secondary N) is 1. The van der Waals surface area contributed by atoms with Crippen molar-refractivity contribution in [1.29, 1.82) is 0 Å². The molecule has 4 nitrogen and oxygen atoms in total. The molecule has 3 aromatic rings. The Kier molecular flexibility index (Phi) is 3.20. The summed E-state index contributed by atoms with van der Waals surface area (Å²) in [6.07, 6.45) is 0. The summed E-state index contributed by atoms with van der Waals surface area (Å²) < 4.78 is 0. The van der Waals surface area contributed by atoms with Crippen molar-refractivity contribution in [1.82, 2.24) is 0 Å². The van der Waals surface area contributed by atoms with Gasteiger partial charge in [-0.2, -0.15) is 0 Å². The molecule has 0 saturated heterocycles. The summed E-state index contributed by atoms with van der Waals surface area (Å²) in [7, 11) is 0. The summed E-state index contributed by atoms with van der Waals surface area (Å²) in [4.78, 5) is 12.2. The fourth-order valence-corrected chi connectivity index (χ4v) is 2.22. The number of aromatic hydroxyl groups is 2. The molecule has 0 heterocycles. The van der Waals surface area contributed by atoms with Crippen LogP contribution in [0, 0.1) is 0 Å². The Balaban J connectivity index is 1.96. The van der Waals surface area contributed by atoms with Gasteiger partial charge in [0.1, 0.15) is 11.5 Å². The lowest BCUT2D eigenvalue weighted by molar-refractivity contribution is 0.102. The van der Waals surface area contributed by atoms with Crippen LogP contribution in [-0.2, 0) is 0 Å². The van der Waals surface area contributed by atoms with E-state index in [2.05, 4.69) is 5.32 Å². The maximum atomic E-state index is 12.2. The van der Waals surface area contributed by atoms with E-state index in [1.807, 2.05) is 12.1 Å². The van der Waals surface area contributed by atoms with E-state index in [9.17, 15) is 15.0 Å². The largest absolute Gasteiger partial charge is 0.508 e. The molecule has 1 amide bonds. The topological polar surface area (TPSA) is 69.6 Å². The number of carbonyl (C=O) groups excluding carboxylic acids is 1. The third kappa shape index (κ3) is 2.51. The highest BCUT2D eigenvalue weighted by atomic mass is 16.3. The van der Waals surface area contributed by atoms with Crippen LogP contribution in [0.25, 0.3) is 10.8 Å². The minimum Gasteiger partial charge on any atom is -0.508 e. The lowest BCUT2D eigenvalue weighted by Crippen LogP contribution is -2.12. The van der Waals surface area contributed by atoms with E-state index in [0.717, 1.165) is 5.39 Å². The summed E-state index contributed by atoms with van der Waals surface area (Å²) in [5.41, 5.74) is 0.657. The molecule has 0 aliphatic carbocycles. The zero-order valence-corrected chi connectivity index (χ0v) is 11.1. The Morgan fingerprint density at radius 1 is 0.905 bits per heavy atom. The van der Waals surface area contributed by atoms with Crippen molar-refractivity contribution in [2.24, 2.45) is 0 Å². The van der Waals surface area contributed by atoms with E-state index in [0.29, 0.717) is 11.1 Å². The second-order valence-electron chi connectivity index (χ2n) is 4.69. The molecule has 21 heavy (non-hydrogen) atoms. The smallest absolute Gasteiger partial charge is 0.259 e. The molecular formula is C17H13NO3. The summed E-state index contributed by atoms with van der Waals surface area (Å²) in [5, 5.41) is 23.8. The van der Waals surface area contributed by atoms with Crippen LogP contribution < -0.4 is 5.32 Å². The van der Waals surface area contributed by atoms with Gasteiger partial charge >= 0.3 is 0 Å². The first-order valence-corrected chi connectivity index (χ1v) is 6.46. The summed E-state index contributed by atoms with van der Waals surface area (Å²) >= 11 is 0. The number of benzene rings is 3. The summed E-state index contributed by atoms with van der Waals surface area (Å²) in [5.74, 6) is -0.412. The number of phenolic OH excluding ortho intramolecular Hbond substituents is 2. The van der Waals surface area contributed by atoms with Gasteiger partial charge in [-0.25, -0.2) is 0 Å². The molecule has 0 fully saturated rings. The third-order valence-electron chi connectivity index (χ3n) is 3.25. The van der Waals surface area contributed by atoms with Crippen LogP contribution >= 0.6 is 0 Å². The number of phenols is 2. The highest BCUT2D eigenvalue weighted by Crippen LogP contribution is 2.29. The number of rotatable bonds is 2. The second kappa shape index (κ2) is 5.17. The molecule has 0 spiro atoms. The minimum absolute atomic E-state index is 0.0502. The molecule has 3 aromatic carbocycles. The first-order valence-electron chi connectivity index (χ1n) is 6.46. The first-order chi connectivity index (χ1) is 10.1. The SMILES string of the molecule is O=C(Nc1cccc(O)c1)c1ccc2ccccc2c1O. The zero-order valence-electron chi connectivity index (χ0n) is 11.1. The van der Waals surface area contributed by atoms with Crippen molar-refractivity contribution in [3.05, 3.63) is 66.2 Å². The minimum atomic E-state index is -0.427. The average Bonchev–Trinajstić information content (AvgIpc) is 2.48. The van der Waals surface area contributed by atoms with Gasteiger partial charge in [0.2, 0.25) is 0 Å². The quantitative estimate of drug-likeness (QED) is 0.672. The van der Waals surface area contributed by atoms with Crippen molar-refractivity contribution >= 4 is 22.4 Å². The van der Waals surface area contributed by atoms with Gasteiger partial charge in [0, 0.05) is 17.1 Å². The molecule has 0 radical (unpaired) electrons. The molecule has 0 unspecified atom stereocenters. The van der Waals surface area contributed by atoms with E-state index in [1.54, 1.807) is 36.4 Å². The second-order valence-corrected chi connectivity index (χ2v) is 4.69. The standard InChI is InChI=1S/C17H13NO3/c19-13-6-3-5-12(10-13)18-17(21)15-9-8-11-4-1-2-7-14(11)16(15)20/h1-10,19-20H,(H,18,21). The first kappa shape index (κ1) is 13.0. The van der Waals surface area contributed by atoms with E-state index in [-0.39, 0.29) is 17.1 Å². The molecule has 0 aliphatic rings. The van der Waals surface area contributed by atoms with Gasteiger partial charge in [-0.3, -0.25) is 4.79 Å². The van der Waals surface area contributed by atoms with Crippen molar-refractivity contribution in [3.8, 4) is 11.5 Å². The van der Waals surface area contributed by atoms with E-state index in [1.165, 1.54) is 12.1 Å². The van der Waals surface area contributed by atoms with Crippen LogP contribution in [0.3, 0.4) is 0 Å². The monoisotopic (exact) mass is 279 g/mol. The molecular weight excluding hydrogens is 266 g/mol. The van der Waals surface area contributed by atoms with Crippen molar-refractivity contribution in [3.63, 3.8) is 0 Å². The van der Waals surface area contributed by atoms with E-state index >= 15 is 0 Å². The van der Waals surface area contributed by atoms with Gasteiger partial charge < -0.3 is 15.5 Å². The Hall–Kier alpha value is -3.01. The lowest BCUT2D eigenvalue weighted by atomic mass is 10.0. The van der Waals surface area contributed by atoms with E-state index < -0.39 is 5.91 Å². The molecule has 0 aliphatic heterocycles. The fourth-order valence-electron chi connectivity index (χ4n) is 2.22.